The first-order valence-corrected chi connectivity index (χ1v) is 10.5. The monoisotopic (exact) mass is 425 g/mol. The van der Waals surface area contributed by atoms with Gasteiger partial charge in [0.05, 0.1) is 25.4 Å². The van der Waals surface area contributed by atoms with Crippen molar-refractivity contribution in [1.29, 1.82) is 0 Å². The predicted molar refractivity (Wildman–Crippen MR) is 116 cm³/mol. The Labute approximate surface area is 180 Å². The van der Waals surface area contributed by atoms with Crippen molar-refractivity contribution < 1.29 is 14.3 Å². The molecule has 0 saturated heterocycles. The van der Waals surface area contributed by atoms with E-state index in [4.69, 9.17) is 16.3 Å². The van der Waals surface area contributed by atoms with Crippen LogP contribution in [0.5, 0.6) is 5.75 Å². The fourth-order valence-corrected chi connectivity index (χ4v) is 3.99. The molecule has 0 radical (unpaired) electrons. The Morgan fingerprint density at radius 2 is 1.90 bits per heavy atom. The largest absolute Gasteiger partial charge is 0.497 e. The molecule has 1 aliphatic carbocycles. The van der Waals surface area contributed by atoms with Crippen LogP contribution in [0.15, 0.2) is 53.6 Å². The van der Waals surface area contributed by atoms with E-state index in [1.807, 2.05) is 48.5 Å². The highest BCUT2D eigenvalue weighted by atomic mass is 35.5. The summed E-state index contributed by atoms with van der Waals surface area (Å²) in [6, 6.07) is 14.8. The molecule has 1 atom stereocenters. The van der Waals surface area contributed by atoms with Crippen LogP contribution in [0.4, 0.5) is 0 Å². The van der Waals surface area contributed by atoms with Crippen LogP contribution in [-0.2, 0) is 9.59 Å². The Morgan fingerprint density at radius 1 is 1.17 bits per heavy atom. The summed E-state index contributed by atoms with van der Waals surface area (Å²) in [5, 5.41) is 9.45. The maximum atomic E-state index is 13.0. The van der Waals surface area contributed by atoms with Crippen molar-refractivity contribution in [2.24, 2.45) is 11.0 Å². The van der Waals surface area contributed by atoms with Gasteiger partial charge in [-0.1, -0.05) is 48.4 Å². The van der Waals surface area contributed by atoms with Gasteiger partial charge >= 0.3 is 0 Å². The molecule has 2 aliphatic rings. The van der Waals surface area contributed by atoms with Crippen molar-refractivity contribution in [1.82, 2.24) is 10.3 Å². The minimum absolute atomic E-state index is 0.0379. The number of methoxy groups -OCH3 is 1. The zero-order chi connectivity index (χ0) is 21.1. The van der Waals surface area contributed by atoms with Gasteiger partial charge in [0.25, 0.3) is 5.91 Å². The lowest BCUT2D eigenvalue weighted by atomic mass is 9.85. The summed E-state index contributed by atoms with van der Waals surface area (Å²) in [7, 11) is 1.61. The van der Waals surface area contributed by atoms with E-state index in [-0.39, 0.29) is 30.3 Å². The van der Waals surface area contributed by atoms with Crippen LogP contribution in [0.25, 0.3) is 0 Å². The highest BCUT2D eigenvalue weighted by molar-refractivity contribution is 6.34. The van der Waals surface area contributed by atoms with E-state index in [2.05, 4.69) is 10.4 Å². The molecule has 156 valence electrons. The lowest BCUT2D eigenvalue weighted by molar-refractivity contribution is -0.136. The van der Waals surface area contributed by atoms with Crippen molar-refractivity contribution >= 4 is 29.1 Å². The molecule has 2 aromatic carbocycles. The van der Waals surface area contributed by atoms with Gasteiger partial charge in [0.15, 0.2) is 0 Å². The Kier molecular flexibility index (Phi) is 6.04. The number of carbonyl (C=O) groups excluding carboxylic acids is 2. The molecule has 2 aromatic rings. The average Bonchev–Trinajstić information content (AvgIpc) is 3.16. The van der Waals surface area contributed by atoms with Crippen LogP contribution in [0.3, 0.4) is 0 Å². The van der Waals surface area contributed by atoms with E-state index in [0.717, 1.165) is 41.9 Å². The van der Waals surface area contributed by atoms with Gasteiger partial charge in [-0.15, -0.1) is 0 Å². The predicted octanol–water partition coefficient (Wildman–Crippen LogP) is 3.94. The number of ether oxygens (including phenoxy) is 1. The van der Waals surface area contributed by atoms with Gasteiger partial charge in [-0.05, 0) is 36.6 Å². The Morgan fingerprint density at radius 3 is 2.53 bits per heavy atom. The minimum Gasteiger partial charge on any atom is -0.497 e. The standard InChI is InChI=1S/C23H24ClN3O3/c1-30-17-11-9-15(10-12-17)21-13-20(18-7-2-3-8-19(18)24)26-27(21)22(28)14-25-23(29)16-5-4-6-16/h2-3,7-12,16,21H,4-6,13-14H2,1H3,(H,25,29)/t21-/m1/s1. The fourth-order valence-electron chi connectivity index (χ4n) is 3.74. The Bertz CT molecular complexity index is 970. The van der Waals surface area contributed by atoms with E-state index in [0.29, 0.717) is 11.4 Å². The fraction of sp³-hybridized carbons (Fsp3) is 0.348. The van der Waals surface area contributed by atoms with Crippen molar-refractivity contribution in [3.05, 3.63) is 64.7 Å². The zero-order valence-corrected chi connectivity index (χ0v) is 17.6. The van der Waals surface area contributed by atoms with Crippen LogP contribution in [0.1, 0.15) is 42.9 Å². The number of hydrogen-bond acceptors (Lipinski definition) is 4. The third kappa shape index (κ3) is 4.19. The number of nitrogens with zero attached hydrogens (tertiary/aromatic N) is 2. The minimum atomic E-state index is -0.268. The first-order chi connectivity index (χ1) is 14.6. The SMILES string of the molecule is COc1ccc([C@H]2CC(c3ccccc3Cl)=NN2C(=O)CNC(=O)C2CCC2)cc1. The van der Waals surface area contributed by atoms with Gasteiger partial charge < -0.3 is 10.1 Å². The topological polar surface area (TPSA) is 71.0 Å². The second-order valence-electron chi connectivity index (χ2n) is 7.60. The van der Waals surface area contributed by atoms with Crippen LogP contribution in [0, 0.1) is 5.92 Å². The normalized spacial score (nSPS) is 18.5. The van der Waals surface area contributed by atoms with E-state index < -0.39 is 0 Å². The van der Waals surface area contributed by atoms with E-state index >= 15 is 0 Å². The molecule has 1 aliphatic heterocycles. The smallest absolute Gasteiger partial charge is 0.262 e. The van der Waals surface area contributed by atoms with Crippen LogP contribution in [0.2, 0.25) is 5.02 Å². The third-order valence-corrected chi connectivity index (χ3v) is 6.07. The first-order valence-electron chi connectivity index (χ1n) is 10.1. The zero-order valence-electron chi connectivity index (χ0n) is 16.8. The number of hydrogen-bond donors (Lipinski definition) is 1. The first kappa shape index (κ1) is 20.4. The number of nitrogens with one attached hydrogen (secondary N) is 1. The average molecular weight is 426 g/mol. The maximum absolute atomic E-state index is 13.0. The second-order valence-corrected chi connectivity index (χ2v) is 8.01. The van der Waals surface area contributed by atoms with E-state index in [1.54, 1.807) is 7.11 Å². The third-order valence-electron chi connectivity index (χ3n) is 5.74. The molecule has 0 spiro atoms. The number of benzene rings is 2. The van der Waals surface area contributed by atoms with Crippen LogP contribution < -0.4 is 10.1 Å². The molecule has 1 saturated carbocycles. The van der Waals surface area contributed by atoms with Crippen molar-refractivity contribution in [2.45, 2.75) is 31.7 Å². The highest BCUT2D eigenvalue weighted by Crippen LogP contribution is 2.35. The van der Waals surface area contributed by atoms with Gasteiger partial charge in [-0.2, -0.15) is 5.10 Å². The molecule has 1 heterocycles. The molecule has 0 aromatic heterocycles. The van der Waals surface area contributed by atoms with Crippen molar-refractivity contribution in [3.8, 4) is 5.75 Å². The lowest BCUT2D eigenvalue weighted by Crippen LogP contribution is -2.41. The number of hydrazone groups is 1. The molecule has 4 rings (SSSR count). The van der Waals surface area contributed by atoms with Gasteiger partial charge in [0.2, 0.25) is 5.91 Å². The number of carbonyl (C=O) groups is 2. The molecule has 1 N–H and O–H groups in total. The van der Waals surface area contributed by atoms with Gasteiger partial charge in [0.1, 0.15) is 5.75 Å². The Hall–Kier alpha value is -2.86. The summed E-state index contributed by atoms with van der Waals surface area (Å²) >= 11 is 6.37. The summed E-state index contributed by atoms with van der Waals surface area (Å²) in [5.41, 5.74) is 2.51. The summed E-state index contributed by atoms with van der Waals surface area (Å²) in [6.07, 6.45) is 3.40. The number of halogens is 1. The summed E-state index contributed by atoms with van der Waals surface area (Å²) in [4.78, 5) is 25.1. The molecule has 6 nitrogen and oxygen atoms in total. The molecular weight excluding hydrogens is 402 g/mol. The number of rotatable bonds is 6. The second kappa shape index (κ2) is 8.88. The number of amides is 2. The summed E-state index contributed by atoms with van der Waals surface area (Å²) in [6.45, 7) is -0.0682. The van der Waals surface area contributed by atoms with Gasteiger partial charge in [-0.3, -0.25) is 9.59 Å². The van der Waals surface area contributed by atoms with Crippen molar-refractivity contribution in [2.75, 3.05) is 13.7 Å². The molecular formula is C23H24ClN3O3. The highest BCUT2D eigenvalue weighted by Gasteiger charge is 2.34. The van der Waals surface area contributed by atoms with Crippen LogP contribution >= 0.6 is 11.6 Å². The summed E-state index contributed by atoms with van der Waals surface area (Å²) < 4.78 is 5.24. The van der Waals surface area contributed by atoms with Crippen LogP contribution in [-0.4, -0.2) is 36.2 Å². The maximum Gasteiger partial charge on any atom is 0.262 e. The molecule has 2 amide bonds. The molecule has 0 bridgehead atoms. The van der Waals surface area contributed by atoms with Gasteiger partial charge in [-0.25, -0.2) is 5.01 Å². The summed E-state index contributed by atoms with van der Waals surface area (Å²) in [5.74, 6) is 0.487. The molecule has 30 heavy (non-hydrogen) atoms. The molecule has 1 fully saturated rings. The Balaban J connectivity index is 1.56. The van der Waals surface area contributed by atoms with Crippen molar-refractivity contribution in [3.63, 3.8) is 0 Å². The quantitative estimate of drug-likeness (QED) is 0.761. The van der Waals surface area contributed by atoms with E-state index in [9.17, 15) is 9.59 Å². The van der Waals surface area contributed by atoms with E-state index in [1.165, 1.54) is 5.01 Å². The molecule has 7 heteroatoms. The molecule has 0 unspecified atom stereocenters. The van der Waals surface area contributed by atoms with Gasteiger partial charge in [0, 0.05) is 22.9 Å². The lowest BCUT2D eigenvalue weighted by Gasteiger charge is -2.25.